The largest absolute Gasteiger partial charge is 0.335 e. The molecule has 9 heteroatoms. The Bertz CT molecular complexity index is 662. The third-order valence-corrected chi connectivity index (χ3v) is 4.67. The van der Waals surface area contributed by atoms with Crippen molar-refractivity contribution in [3.8, 4) is 0 Å². The Hall–Kier alpha value is -1.60. The molecule has 2 rings (SSSR count). The summed E-state index contributed by atoms with van der Waals surface area (Å²) in [5.74, 6) is -0.275. The minimum Gasteiger partial charge on any atom is -0.335 e. The Labute approximate surface area is 143 Å². The molecule has 1 heterocycles. The van der Waals surface area contributed by atoms with E-state index in [1.165, 1.54) is 6.20 Å². The number of nitrogens with one attached hydrogen (secondary N) is 2. The van der Waals surface area contributed by atoms with Crippen LogP contribution in [0.3, 0.4) is 0 Å². The zero-order valence-corrected chi connectivity index (χ0v) is 14.2. The normalized spacial score (nSPS) is 20.8. The molecule has 2 N–H and O–H groups in total. The lowest BCUT2D eigenvalue weighted by Crippen LogP contribution is -2.48. The van der Waals surface area contributed by atoms with Gasteiger partial charge in [0.15, 0.2) is 0 Å². The van der Waals surface area contributed by atoms with E-state index >= 15 is 0 Å². The summed E-state index contributed by atoms with van der Waals surface area (Å²) in [4.78, 5) is 35.5. The zero-order chi connectivity index (χ0) is 17.0. The quantitative estimate of drug-likeness (QED) is 0.861. The number of amides is 3. The van der Waals surface area contributed by atoms with Crippen molar-refractivity contribution in [1.29, 1.82) is 0 Å². The van der Waals surface area contributed by atoms with Gasteiger partial charge >= 0.3 is 6.03 Å². The van der Waals surface area contributed by atoms with E-state index in [9.17, 15) is 14.4 Å². The van der Waals surface area contributed by atoms with E-state index in [4.69, 9.17) is 23.2 Å². The highest BCUT2D eigenvalue weighted by molar-refractivity contribution is 6.41. The number of nitrogens with zero attached hydrogens (tertiary/aromatic N) is 2. The first-order chi connectivity index (χ1) is 10.9. The molecule has 0 aromatic carbocycles. The van der Waals surface area contributed by atoms with Crippen LogP contribution in [-0.2, 0) is 11.3 Å². The lowest BCUT2D eigenvalue weighted by Gasteiger charge is -2.29. The lowest BCUT2D eigenvalue weighted by molar-refractivity contribution is -0.120. The van der Waals surface area contributed by atoms with Gasteiger partial charge in [0.2, 0.25) is 5.91 Å². The molecule has 1 aromatic heterocycles. The molecule has 0 bridgehead atoms. The molecular weight excluding hydrogens is 343 g/mol. The zero-order valence-electron chi connectivity index (χ0n) is 12.6. The smallest absolute Gasteiger partial charge is 0.321 e. The minimum atomic E-state index is -0.685. The summed E-state index contributed by atoms with van der Waals surface area (Å²) >= 11 is 11.4. The number of aromatic nitrogens is 2. The molecule has 126 valence electrons. The average Bonchev–Trinajstić information content (AvgIpc) is 2.50. The maximum Gasteiger partial charge on any atom is 0.321 e. The molecule has 2 atom stereocenters. The predicted octanol–water partition coefficient (Wildman–Crippen LogP) is 1.95. The Kier molecular flexibility index (Phi) is 6.01. The molecule has 3 amide bonds. The van der Waals surface area contributed by atoms with E-state index in [0.717, 1.165) is 30.4 Å². The van der Waals surface area contributed by atoms with Crippen LogP contribution in [0.4, 0.5) is 4.79 Å². The number of rotatable bonds is 3. The van der Waals surface area contributed by atoms with Crippen molar-refractivity contribution in [3.05, 3.63) is 26.6 Å². The summed E-state index contributed by atoms with van der Waals surface area (Å²) in [7, 11) is 0. The van der Waals surface area contributed by atoms with Crippen molar-refractivity contribution >= 4 is 35.1 Å². The lowest BCUT2D eigenvalue weighted by atomic mass is 9.86. The van der Waals surface area contributed by atoms with Crippen LogP contribution in [0.25, 0.3) is 0 Å². The van der Waals surface area contributed by atoms with Crippen LogP contribution in [-0.4, -0.2) is 27.8 Å². The second-order valence-electron chi connectivity index (χ2n) is 5.66. The van der Waals surface area contributed by atoms with Crippen molar-refractivity contribution in [2.24, 2.45) is 5.92 Å². The first kappa shape index (κ1) is 17.7. The molecular formula is C14H18Cl2N4O3. The van der Waals surface area contributed by atoms with Gasteiger partial charge in [-0.15, -0.1) is 0 Å². The van der Waals surface area contributed by atoms with Gasteiger partial charge in [-0.1, -0.05) is 43.0 Å². The summed E-state index contributed by atoms with van der Waals surface area (Å²) in [6.45, 7) is 1.66. The molecule has 0 aliphatic heterocycles. The molecule has 1 aliphatic carbocycles. The standard InChI is InChI=1S/C14H18Cl2N4O3/c1-8-4-2-3-5-10(8)18-14(23)19-11(21)7-20-13(22)12(16)9(15)6-17-20/h6,8,10H,2-5,7H2,1H3,(H2,18,19,21,23)/t8-,10+/m0/s1. The van der Waals surface area contributed by atoms with Gasteiger partial charge in [-0.25, -0.2) is 9.48 Å². The summed E-state index contributed by atoms with van der Waals surface area (Å²) in [6.07, 6.45) is 5.35. The number of carbonyl (C=O) groups is 2. The maximum atomic E-state index is 11.9. The van der Waals surface area contributed by atoms with Gasteiger partial charge in [-0.3, -0.25) is 14.9 Å². The topological polar surface area (TPSA) is 93.1 Å². The molecule has 1 fully saturated rings. The second kappa shape index (κ2) is 7.79. The van der Waals surface area contributed by atoms with Gasteiger partial charge in [0.05, 0.1) is 11.2 Å². The Balaban J connectivity index is 1.90. The highest BCUT2D eigenvalue weighted by Crippen LogP contribution is 2.23. The molecule has 1 aromatic rings. The number of hydrogen-bond donors (Lipinski definition) is 2. The monoisotopic (exact) mass is 360 g/mol. The van der Waals surface area contributed by atoms with E-state index in [2.05, 4.69) is 22.7 Å². The van der Waals surface area contributed by atoms with Crippen LogP contribution >= 0.6 is 23.2 Å². The minimum absolute atomic E-state index is 0.0114. The molecule has 1 saturated carbocycles. The van der Waals surface area contributed by atoms with E-state index < -0.39 is 24.0 Å². The fraction of sp³-hybridized carbons (Fsp3) is 0.571. The van der Waals surface area contributed by atoms with Crippen LogP contribution in [0.15, 0.2) is 11.0 Å². The van der Waals surface area contributed by atoms with Crippen molar-refractivity contribution in [2.45, 2.75) is 45.2 Å². The number of halogens is 2. The number of carbonyl (C=O) groups excluding carboxylic acids is 2. The summed E-state index contributed by atoms with van der Waals surface area (Å²) in [5, 5.41) is 8.49. The van der Waals surface area contributed by atoms with Gasteiger partial charge in [-0.2, -0.15) is 5.10 Å². The molecule has 1 aliphatic rings. The second-order valence-corrected chi connectivity index (χ2v) is 6.44. The molecule has 0 spiro atoms. The van der Waals surface area contributed by atoms with E-state index in [-0.39, 0.29) is 16.1 Å². The third kappa shape index (κ3) is 4.68. The third-order valence-electron chi connectivity index (χ3n) is 3.92. The first-order valence-electron chi connectivity index (χ1n) is 7.40. The van der Waals surface area contributed by atoms with Crippen molar-refractivity contribution < 1.29 is 9.59 Å². The van der Waals surface area contributed by atoms with Gasteiger partial charge < -0.3 is 5.32 Å². The Morgan fingerprint density at radius 3 is 2.74 bits per heavy atom. The van der Waals surface area contributed by atoms with Crippen LogP contribution in [0.2, 0.25) is 10.0 Å². The van der Waals surface area contributed by atoms with Gasteiger partial charge in [-0.05, 0) is 18.8 Å². The Morgan fingerprint density at radius 2 is 2.04 bits per heavy atom. The van der Waals surface area contributed by atoms with E-state index in [0.29, 0.717) is 5.92 Å². The van der Waals surface area contributed by atoms with Gasteiger partial charge in [0.25, 0.3) is 5.56 Å². The average molecular weight is 361 g/mol. The highest BCUT2D eigenvalue weighted by atomic mass is 35.5. The fourth-order valence-electron chi connectivity index (χ4n) is 2.59. The first-order valence-corrected chi connectivity index (χ1v) is 8.15. The predicted molar refractivity (Wildman–Crippen MR) is 86.6 cm³/mol. The van der Waals surface area contributed by atoms with E-state index in [1.54, 1.807) is 0 Å². The van der Waals surface area contributed by atoms with Crippen LogP contribution in [0, 0.1) is 5.92 Å². The van der Waals surface area contributed by atoms with Crippen molar-refractivity contribution in [1.82, 2.24) is 20.4 Å². The molecule has 0 saturated heterocycles. The fourth-order valence-corrected chi connectivity index (χ4v) is 2.87. The number of urea groups is 1. The summed E-state index contributed by atoms with van der Waals surface area (Å²) < 4.78 is 0.847. The molecule has 0 unspecified atom stereocenters. The van der Waals surface area contributed by atoms with E-state index in [1.807, 2.05) is 0 Å². The van der Waals surface area contributed by atoms with Crippen molar-refractivity contribution in [3.63, 3.8) is 0 Å². The van der Waals surface area contributed by atoms with Crippen LogP contribution < -0.4 is 16.2 Å². The number of hydrogen-bond acceptors (Lipinski definition) is 4. The van der Waals surface area contributed by atoms with Gasteiger partial charge in [0.1, 0.15) is 11.6 Å². The van der Waals surface area contributed by atoms with Gasteiger partial charge in [0, 0.05) is 6.04 Å². The Morgan fingerprint density at radius 1 is 1.35 bits per heavy atom. The summed E-state index contributed by atoms with van der Waals surface area (Å²) in [6, 6.07) is -0.510. The maximum absolute atomic E-state index is 11.9. The molecule has 23 heavy (non-hydrogen) atoms. The molecule has 0 radical (unpaired) electrons. The summed E-state index contributed by atoms with van der Waals surface area (Å²) in [5.41, 5.74) is -0.685. The van der Waals surface area contributed by atoms with Crippen LogP contribution in [0.5, 0.6) is 0 Å². The van der Waals surface area contributed by atoms with Crippen molar-refractivity contribution in [2.75, 3.05) is 0 Å². The highest BCUT2D eigenvalue weighted by Gasteiger charge is 2.23. The molecule has 7 nitrogen and oxygen atoms in total. The SMILES string of the molecule is C[C@H]1CCCC[C@H]1NC(=O)NC(=O)Cn1ncc(Cl)c(Cl)c1=O. The van der Waals surface area contributed by atoms with Crippen LogP contribution in [0.1, 0.15) is 32.6 Å². The number of imide groups is 1.